The van der Waals surface area contributed by atoms with Crippen LogP contribution < -0.4 is 9.64 Å². The normalized spacial score (nSPS) is 19.6. The number of carbonyl (C=O) groups is 3. The maximum atomic E-state index is 13.3. The molecule has 6 rings (SSSR count). The highest BCUT2D eigenvalue weighted by Gasteiger charge is 2.51. The summed E-state index contributed by atoms with van der Waals surface area (Å²) in [6.45, 7) is 9.08. The fraction of sp³-hybridized carbons (Fsp3) is 0.302. The molecule has 4 aromatic carbocycles. The summed E-state index contributed by atoms with van der Waals surface area (Å²) in [4.78, 5) is 51.0. The number of nitro benzene ring substituents is 1. The molecular formula is C43H44N3O8+. The average molecular weight is 731 g/mol. The lowest BCUT2D eigenvalue weighted by Gasteiger charge is -2.29. The van der Waals surface area contributed by atoms with Crippen molar-refractivity contribution in [1.29, 1.82) is 0 Å². The van der Waals surface area contributed by atoms with Gasteiger partial charge < -0.3 is 19.1 Å². The van der Waals surface area contributed by atoms with E-state index in [1.54, 1.807) is 19.1 Å². The van der Waals surface area contributed by atoms with Gasteiger partial charge in [-0.3, -0.25) is 24.5 Å². The van der Waals surface area contributed by atoms with Gasteiger partial charge in [-0.2, -0.15) is 4.58 Å². The van der Waals surface area contributed by atoms with E-state index in [-0.39, 0.29) is 43.5 Å². The molecule has 0 saturated heterocycles. The van der Waals surface area contributed by atoms with Crippen LogP contribution in [-0.4, -0.2) is 66.3 Å². The first-order valence-electron chi connectivity index (χ1n) is 18.0. The average Bonchev–Trinajstić information content (AvgIpc) is 3.51. The third-order valence-corrected chi connectivity index (χ3v) is 10.3. The molecule has 11 nitrogen and oxygen atoms in total. The van der Waals surface area contributed by atoms with Gasteiger partial charge in [-0.05, 0) is 74.4 Å². The van der Waals surface area contributed by atoms with Crippen molar-refractivity contribution in [3.8, 4) is 5.75 Å². The zero-order chi connectivity index (χ0) is 38.5. The summed E-state index contributed by atoms with van der Waals surface area (Å²) >= 11 is 0. The summed E-state index contributed by atoms with van der Waals surface area (Å²) < 4.78 is 18.8. The minimum atomic E-state index is -0.907. The number of para-hydroxylation sites is 1. The highest BCUT2D eigenvalue weighted by Crippen LogP contribution is 2.51. The Labute approximate surface area is 314 Å². The van der Waals surface area contributed by atoms with Crippen LogP contribution in [0, 0.1) is 10.1 Å². The number of rotatable bonds is 16. The Bertz CT molecular complexity index is 2190. The third kappa shape index (κ3) is 7.26. The lowest BCUT2D eigenvalue weighted by atomic mass is 9.74. The van der Waals surface area contributed by atoms with Gasteiger partial charge in [-0.25, -0.2) is 0 Å². The molecule has 2 unspecified atom stereocenters. The van der Waals surface area contributed by atoms with Crippen molar-refractivity contribution in [3.63, 3.8) is 0 Å². The molecule has 278 valence electrons. The molecule has 0 aromatic heterocycles. The van der Waals surface area contributed by atoms with Gasteiger partial charge in [-0.15, -0.1) is 0 Å². The van der Waals surface area contributed by atoms with Crippen LogP contribution in [0.2, 0.25) is 0 Å². The van der Waals surface area contributed by atoms with E-state index >= 15 is 0 Å². The third-order valence-electron chi connectivity index (χ3n) is 10.3. The summed E-state index contributed by atoms with van der Waals surface area (Å²) in [6.07, 6.45) is 5.97. The Morgan fingerprint density at radius 3 is 2.43 bits per heavy atom. The van der Waals surface area contributed by atoms with Crippen LogP contribution in [0.5, 0.6) is 5.75 Å². The maximum absolute atomic E-state index is 13.3. The number of ketones is 1. The monoisotopic (exact) mass is 730 g/mol. The number of anilines is 1. The lowest BCUT2D eigenvalue weighted by molar-refractivity contribution is -0.440. The number of benzene rings is 4. The molecule has 0 radical (unpaired) electrons. The van der Waals surface area contributed by atoms with Crippen LogP contribution in [0.1, 0.15) is 51.7 Å². The predicted octanol–water partition coefficient (Wildman–Crippen LogP) is 7.51. The van der Waals surface area contributed by atoms with Crippen LogP contribution in [0.3, 0.4) is 0 Å². The Morgan fingerprint density at radius 1 is 0.944 bits per heavy atom. The minimum Gasteiger partial charge on any atom is -0.492 e. The van der Waals surface area contributed by atoms with Crippen LogP contribution in [0.4, 0.5) is 17.1 Å². The van der Waals surface area contributed by atoms with E-state index in [9.17, 15) is 24.5 Å². The number of nitro groups is 1. The summed E-state index contributed by atoms with van der Waals surface area (Å²) in [5, 5.41) is 14.0. The van der Waals surface area contributed by atoms with Gasteiger partial charge in [0.25, 0.3) is 12.2 Å². The van der Waals surface area contributed by atoms with E-state index < -0.39 is 15.8 Å². The van der Waals surface area contributed by atoms with E-state index in [4.69, 9.17) is 14.2 Å². The van der Waals surface area contributed by atoms with Crippen molar-refractivity contribution in [2.24, 2.45) is 0 Å². The van der Waals surface area contributed by atoms with E-state index in [0.29, 0.717) is 37.5 Å². The first-order valence-corrected chi connectivity index (χ1v) is 18.0. The van der Waals surface area contributed by atoms with Gasteiger partial charge >= 0.3 is 5.97 Å². The Morgan fingerprint density at radius 2 is 1.70 bits per heavy atom. The molecular weight excluding hydrogens is 686 g/mol. The van der Waals surface area contributed by atoms with E-state index in [0.717, 1.165) is 39.1 Å². The molecule has 0 fully saturated rings. The van der Waals surface area contributed by atoms with Crippen LogP contribution in [0.25, 0.3) is 10.8 Å². The Kier molecular flexibility index (Phi) is 11.1. The van der Waals surface area contributed by atoms with Gasteiger partial charge in [0, 0.05) is 53.1 Å². The van der Waals surface area contributed by atoms with Crippen molar-refractivity contribution < 1.29 is 38.1 Å². The molecule has 0 spiro atoms. The van der Waals surface area contributed by atoms with Gasteiger partial charge in [0.2, 0.25) is 5.69 Å². The quantitative estimate of drug-likeness (QED) is 0.0287. The largest absolute Gasteiger partial charge is 0.492 e. The SMILES string of the molecule is CCOC(=O)CC1(C)C(C=CC=C2N(CCOc3ccccc3)c3ccc([N+](=O)[O-])cc3C2(C)CC(C)=O)=[N+](CCOC=O)c2ccc3ccccc3c21. The number of Topliss-reactive ketones (excluding diaryl/α,β-unsaturated/α-hetero) is 1. The summed E-state index contributed by atoms with van der Waals surface area (Å²) in [5.74, 6) is 0.297. The molecule has 2 aliphatic rings. The predicted molar refractivity (Wildman–Crippen MR) is 207 cm³/mol. The number of hydrogen-bond donors (Lipinski definition) is 0. The molecule has 4 aromatic rings. The lowest BCUT2D eigenvalue weighted by Crippen LogP contribution is -2.35. The first kappa shape index (κ1) is 37.7. The number of ether oxygens (including phenoxy) is 3. The molecule has 2 atom stereocenters. The molecule has 0 bridgehead atoms. The molecule has 0 N–H and O–H groups in total. The fourth-order valence-corrected chi connectivity index (χ4v) is 8.09. The molecule has 2 aliphatic heterocycles. The van der Waals surface area contributed by atoms with Gasteiger partial charge in [-0.1, -0.05) is 48.5 Å². The molecule has 0 saturated carbocycles. The van der Waals surface area contributed by atoms with Crippen LogP contribution in [0.15, 0.2) is 109 Å². The zero-order valence-corrected chi connectivity index (χ0v) is 30.9. The minimum absolute atomic E-state index is 0.0588. The maximum Gasteiger partial charge on any atom is 0.307 e. The Balaban J connectivity index is 1.49. The second-order valence-corrected chi connectivity index (χ2v) is 13.9. The molecule has 0 amide bonds. The summed E-state index contributed by atoms with van der Waals surface area (Å²) in [7, 11) is 0. The number of non-ortho nitro benzene ring substituents is 1. The number of esters is 1. The number of carbonyl (C=O) groups excluding carboxylic acids is 3. The van der Waals surface area contributed by atoms with Crippen molar-refractivity contribution in [1.82, 2.24) is 0 Å². The van der Waals surface area contributed by atoms with Crippen molar-refractivity contribution >= 4 is 51.8 Å². The van der Waals surface area contributed by atoms with Crippen molar-refractivity contribution in [3.05, 3.63) is 130 Å². The molecule has 11 heteroatoms. The number of allylic oxidation sites excluding steroid dienone is 4. The summed E-state index contributed by atoms with van der Waals surface area (Å²) in [5.41, 5.74) is 3.05. The van der Waals surface area contributed by atoms with Gasteiger partial charge in [0.1, 0.15) is 24.7 Å². The first-order chi connectivity index (χ1) is 26.0. The zero-order valence-electron chi connectivity index (χ0n) is 30.9. The van der Waals surface area contributed by atoms with Gasteiger partial charge in [0.05, 0.1) is 29.9 Å². The van der Waals surface area contributed by atoms with E-state index in [1.165, 1.54) is 13.0 Å². The summed E-state index contributed by atoms with van der Waals surface area (Å²) in [6, 6.07) is 26.3. The number of fused-ring (bicyclic) bond motifs is 4. The van der Waals surface area contributed by atoms with E-state index in [2.05, 4.69) is 9.48 Å². The fourth-order valence-electron chi connectivity index (χ4n) is 8.09. The second kappa shape index (κ2) is 15.9. The number of nitrogens with zero attached hydrogens (tertiary/aromatic N) is 3. The van der Waals surface area contributed by atoms with Crippen molar-refractivity contribution in [2.75, 3.05) is 37.8 Å². The highest BCUT2D eigenvalue weighted by molar-refractivity contribution is 6.09. The standard InChI is InChI=1S/C43H44N3O8/c1-5-53-40(49)28-43(4)39(45(22-24-52-29-47)37-20-18-31-12-9-10-15-34(31)41(37)43)17-11-16-38-42(3,27-30(2)48)35-26-32(46(50)51)19-21-36(35)44(38)23-25-54-33-13-7-6-8-14-33/h6-21,26,29H,5,22-25,27-28H2,1-4H3/q+1. The van der Waals surface area contributed by atoms with Crippen LogP contribution in [-0.2, 0) is 34.7 Å². The topological polar surface area (TPSA) is 128 Å². The highest BCUT2D eigenvalue weighted by atomic mass is 16.6. The van der Waals surface area contributed by atoms with Gasteiger partial charge in [0.15, 0.2) is 12.3 Å². The number of hydrogen-bond acceptors (Lipinski definition) is 9. The molecule has 2 heterocycles. The Hall–Kier alpha value is -6.10. The van der Waals surface area contributed by atoms with Crippen molar-refractivity contribution in [2.45, 2.75) is 51.4 Å². The van der Waals surface area contributed by atoms with E-state index in [1.807, 2.05) is 98.8 Å². The smallest absolute Gasteiger partial charge is 0.307 e. The molecule has 54 heavy (non-hydrogen) atoms. The second-order valence-electron chi connectivity index (χ2n) is 13.9. The van der Waals surface area contributed by atoms with Crippen LogP contribution >= 0.6 is 0 Å². The molecule has 0 aliphatic carbocycles.